The monoisotopic (exact) mass is 347 g/mol. The van der Waals surface area contributed by atoms with Crippen LogP contribution in [-0.2, 0) is 6.54 Å². The van der Waals surface area contributed by atoms with Crippen LogP contribution in [0, 0.1) is 0 Å². The molecule has 1 atom stereocenters. The second-order valence-corrected chi connectivity index (χ2v) is 6.32. The summed E-state index contributed by atoms with van der Waals surface area (Å²) >= 11 is 1.72. The van der Waals surface area contributed by atoms with Crippen LogP contribution in [0.2, 0.25) is 0 Å². The third-order valence-corrected chi connectivity index (χ3v) is 4.40. The Hall–Kier alpha value is -2.21. The molecule has 0 aliphatic carbocycles. The quantitative estimate of drug-likeness (QED) is 0.531. The first-order valence-electron chi connectivity index (χ1n) is 8.04. The molecule has 0 fully saturated rings. The molecule has 0 aliphatic heterocycles. The minimum Gasteiger partial charge on any atom is -0.504 e. The van der Waals surface area contributed by atoms with Gasteiger partial charge in [-0.3, -0.25) is 0 Å². The Morgan fingerprint density at radius 3 is 2.79 bits per heavy atom. The summed E-state index contributed by atoms with van der Waals surface area (Å²) in [6.07, 6.45) is 0. The normalized spacial score (nSPS) is 12.7. The molecule has 2 aromatic rings. The van der Waals surface area contributed by atoms with E-state index >= 15 is 0 Å². The Labute approximate surface area is 147 Å². The van der Waals surface area contributed by atoms with Crippen LogP contribution >= 0.6 is 11.3 Å². The van der Waals surface area contributed by atoms with Gasteiger partial charge in [0, 0.05) is 13.1 Å². The molecule has 24 heavy (non-hydrogen) atoms. The first-order valence-corrected chi connectivity index (χ1v) is 8.98. The molecule has 1 aromatic heterocycles. The third kappa shape index (κ3) is 5.16. The van der Waals surface area contributed by atoms with E-state index in [1.807, 2.05) is 13.0 Å². The first-order chi connectivity index (χ1) is 11.6. The van der Waals surface area contributed by atoms with Crippen molar-refractivity contribution < 1.29 is 9.84 Å². The predicted octanol–water partition coefficient (Wildman–Crippen LogP) is 3.32. The van der Waals surface area contributed by atoms with Crippen molar-refractivity contribution in [3.63, 3.8) is 0 Å². The molecule has 130 valence electrons. The molecule has 0 spiro atoms. The number of nitrogens with zero attached hydrogens (tertiary/aromatic N) is 1. The summed E-state index contributed by atoms with van der Waals surface area (Å²) in [4.78, 5) is 4.58. The van der Waals surface area contributed by atoms with Crippen molar-refractivity contribution in [2.45, 2.75) is 26.3 Å². The van der Waals surface area contributed by atoms with Crippen LogP contribution in [0.3, 0.4) is 0 Å². The highest BCUT2D eigenvalue weighted by Crippen LogP contribution is 2.26. The van der Waals surface area contributed by atoms with Gasteiger partial charge in [0.05, 0.1) is 13.7 Å². The number of aliphatic imine (C=N–C) groups is 1. The molecule has 3 N–H and O–H groups in total. The van der Waals surface area contributed by atoms with Crippen molar-refractivity contribution in [1.29, 1.82) is 0 Å². The molecule has 6 heteroatoms. The maximum absolute atomic E-state index is 9.84. The topological polar surface area (TPSA) is 65.9 Å². The van der Waals surface area contributed by atoms with Crippen LogP contribution in [0.1, 0.15) is 30.9 Å². The van der Waals surface area contributed by atoms with Crippen LogP contribution in [0.25, 0.3) is 0 Å². The Kier molecular flexibility index (Phi) is 6.93. The fourth-order valence-electron chi connectivity index (χ4n) is 2.27. The molecule has 0 radical (unpaired) electrons. The number of hydrogen-bond acceptors (Lipinski definition) is 4. The van der Waals surface area contributed by atoms with Gasteiger partial charge in [-0.1, -0.05) is 13.0 Å². The van der Waals surface area contributed by atoms with Crippen molar-refractivity contribution in [1.82, 2.24) is 10.6 Å². The van der Waals surface area contributed by atoms with Gasteiger partial charge in [-0.2, -0.15) is 11.3 Å². The maximum atomic E-state index is 9.84. The highest BCUT2D eigenvalue weighted by Gasteiger charge is 2.07. The predicted molar refractivity (Wildman–Crippen MR) is 100 cm³/mol. The zero-order valence-corrected chi connectivity index (χ0v) is 15.2. The van der Waals surface area contributed by atoms with Crippen molar-refractivity contribution in [2.24, 2.45) is 4.99 Å². The van der Waals surface area contributed by atoms with Gasteiger partial charge < -0.3 is 20.5 Å². The zero-order chi connectivity index (χ0) is 17.4. The van der Waals surface area contributed by atoms with E-state index in [2.05, 4.69) is 39.4 Å². The Bertz CT molecular complexity index is 656. The van der Waals surface area contributed by atoms with E-state index < -0.39 is 0 Å². The van der Waals surface area contributed by atoms with Crippen LogP contribution < -0.4 is 15.4 Å². The van der Waals surface area contributed by atoms with E-state index in [0.717, 1.165) is 24.6 Å². The number of phenolic OH excluding ortho intramolecular Hbond substituents is 1. The average molecular weight is 347 g/mol. The van der Waals surface area contributed by atoms with E-state index in [0.29, 0.717) is 18.2 Å². The molecule has 0 bridgehead atoms. The van der Waals surface area contributed by atoms with Crippen LogP contribution in [0.15, 0.2) is 40.0 Å². The molecule has 0 saturated carbocycles. The summed E-state index contributed by atoms with van der Waals surface area (Å²) < 4.78 is 5.05. The van der Waals surface area contributed by atoms with Gasteiger partial charge >= 0.3 is 0 Å². The number of phenols is 1. The summed E-state index contributed by atoms with van der Waals surface area (Å²) in [6.45, 7) is 6.33. The number of thiophene rings is 1. The fraction of sp³-hybridized carbons (Fsp3) is 0.389. The molecule has 0 amide bonds. The van der Waals surface area contributed by atoms with Crippen LogP contribution in [-0.4, -0.2) is 31.3 Å². The zero-order valence-electron chi connectivity index (χ0n) is 14.4. The molecule has 1 heterocycles. The first kappa shape index (κ1) is 18.1. The van der Waals surface area contributed by atoms with Gasteiger partial charge in [0.1, 0.15) is 0 Å². The summed E-state index contributed by atoms with van der Waals surface area (Å²) in [5, 5.41) is 20.7. The molecule has 0 saturated heterocycles. The highest BCUT2D eigenvalue weighted by atomic mass is 32.1. The SMILES string of the molecule is CCNC(=NCc1ccc(OC)c(O)c1)NCC(C)c1ccsc1. The standard InChI is InChI=1S/C18H25N3O2S/c1-4-19-18(20-10-13(2)15-7-8-24-12-15)21-11-14-5-6-17(23-3)16(22)9-14/h5-9,12-13,22H,4,10-11H2,1-3H3,(H2,19,20,21). The summed E-state index contributed by atoms with van der Waals surface area (Å²) in [5.74, 6) is 1.80. The van der Waals surface area contributed by atoms with Gasteiger partial charge in [-0.15, -0.1) is 0 Å². The molecule has 5 nitrogen and oxygen atoms in total. The second-order valence-electron chi connectivity index (χ2n) is 5.54. The van der Waals surface area contributed by atoms with Crippen LogP contribution in [0.5, 0.6) is 11.5 Å². The number of aromatic hydroxyl groups is 1. The lowest BCUT2D eigenvalue weighted by Gasteiger charge is -2.15. The Balaban J connectivity index is 1.96. The van der Waals surface area contributed by atoms with E-state index in [1.165, 1.54) is 12.7 Å². The van der Waals surface area contributed by atoms with Crippen molar-refractivity contribution in [3.05, 3.63) is 46.2 Å². The van der Waals surface area contributed by atoms with Crippen LogP contribution in [0.4, 0.5) is 0 Å². The molecular formula is C18H25N3O2S. The van der Waals surface area contributed by atoms with E-state index in [4.69, 9.17) is 4.74 Å². The average Bonchev–Trinajstić information content (AvgIpc) is 3.12. The number of benzene rings is 1. The smallest absolute Gasteiger partial charge is 0.191 e. The minimum atomic E-state index is 0.134. The molecular weight excluding hydrogens is 322 g/mol. The van der Waals surface area contributed by atoms with Gasteiger partial charge in [0.2, 0.25) is 0 Å². The largest absolute Gasteiger partial charge is 0.504 e. The summed E-state index contributed by atoms with van der Waals surface area (Å²) in [7, 11) is 1.54. The van der Waals surface area contributed by atoms with Crippen molar-refractivity contribution >= 4 is 17.3 Å². The third-order valence-electron chi connectivity index (χ3n) is 3.70. The molecule has 0 aliphatic rings. The number of rotatable bonds is 7. The summed E-state index contributed by atoms with van der Waals surface area (Å²) in [5.41, 5.74) is 2.26. The Morgan fingerprint density at radius 1 is 1.33 bits per heavy atom. The van der Waals surface area contributed by atoms with Crippen molar-refractivity contribution in [3.8, 4) is 11.5 Å². The number of nitrogens with one attached hydrogen (secondary N) is 2. The second kappa shape index (κ2) is 9.17. The maximum Gasteiger partial charge on any atom is 0.191 e. The van der Waals surface area contributed by atoms with Gasteiger partial charge in [0.15, 0.2) is 17.5 Å². The van der Waals surface area contributed by atoms with Gasteiger partial charge in [-0.25, -0.2) is 4.99 Å². The summed E-state index contributed by atoms with van der Waals surface area (Å²) in [6, 6.07) is 7.49. The molecule has 1 unspecified atom stereocenters. The lowest BCUT2D eigenvalue weighted by Crippen LogP contribution is -2.39. The highest BCUT2D eigenvalue weighted by molar-refractivity contribution is 7.07. The lowest BCUT2D eigenvalue weighted by atomic mass is 10.1. The van der Waals surface area contributed by atoms with E-state index in [1.54, 1.807) is 23.5 Å². The lowest BCUT2D eigenvalue weighted by molar-refractivity contribution is 0.373. The number of guanidine groups is 1. The van der Waals surface area contributed by atoms with E-state index in [-0.39, 0.29) is 5.75 Å². The Morgan fingerprint density at radius 2 is 2.17 bits per heavy atom. The minimum absolute atomic E-state index is 0.134. The fourth-order valence-corrected chi connectivity index (χ4v) is 3.05. The number of ether oxygens (including phenoxy) is 1. The van der Waals surface area contributed by atoms with Gasteiger partial charge in [0.25, 0.3) is 0 Å². The van der Waals surface area contributed by atoms with Crippen molar-refractivity contribution in [2.75, 3.05) is 20.2 Å². The number of hydrogen-bond donors (Lipinski definition) is 3. The van der Waals surface area contributed by atoms with Gasteiger partial charge in [-0.05, 0) is 52.9 Å². The van der Waals surface area contributed by atoms with E-state index in [9.17, 15) is 5.11 Å². The number of methoxy groups -OCH3 is 1. The molecule has 1 aromatic carbocycles. The molecule has 2 rings (SSSR count).